The third kappa shape index (κ3) is 4.21. The van der Waals surface area contributed by atoms with Gasteiger partial charge in [-0.15, -0.1) is 0 Å². The predicted octanol–water partition coefficient (Wildman–Crippen LogP) is 2.30. The highest BCUT2D eigenvalue weighted by molar-refractivity contribution is 5.87. The van der Waals surface area contributed by atoms with Crippen LogP contribution in [0.1, 0.15) is 27.2 Å². The Bertz CT molecular complexity index is 463. The summed E-state index contributed by atoms with van der Waals surface area (Å²) in [5.41, 5.74) is 4.43. The maximum atomic E-state index is 13.2. The lowest BCUT2D eigenvalue weighted by atomic mass is 9.86. The van der Waals surface area contributed by atoms with E-state index in [-0.39, 0.29) is 5.82 Å². The Balaban J connectivity index is 2.97. The molecule has 0 spiro atoms. The lowest BCUT2D eigenvalue weighted by molar-refractivity contribution is -0.124. The molecule has 1 aromatic carbocycles. The number of primary amides is 1. The SMILES string of the molecule is COC(C)(C)CC(C)(Nc1cccc(F)c1)C(N)=O. The molecule has 19 heavy (non-hydrogen) atoms. The van der Waals surface area contributed by atoms with Crippen LogP contribution in [-0.4, -0.2) is 24.2 Å². The molecule has 5 heteroatoms. The summed E-state index contributed by atoms with van der Waals surface area (Å²) in [5.74, 6) is -0.885. The van der Waals surface area contributed by atoms with Gasteiger partial charge in [-0.05, 0) is 39.0 Å². The second kappa shape index (κ2) is 5.57. The summed E-state index contributed by atoms with van der Waals surface area (Å²) in [6.45, 7) is 5.41. The zero-order valence-electron chi connectivity index (χ0n) is 11.8. The molecule has 1 atom stereocenters. The summed E-state index contributed by atoms with van der Waals surface area (Å²) in [6.07, 6.45) is 0.363. The Morgan fingerprint density at radius 2 is 2.05 bits per heavy atom. The van der Waals surface area contributed by atoms with E-state index in [1.165, 1.54) is 12.1 Å². The monoisotopic (exact) mass is 268 g/mol. The van der Waals surface area contributed by atoms with Gasteiger partial charge >= 0.3 is 0 Å². The Kier molecular flexibility index (Phi) is 4.52. The second-order valence-electron chi connectivity index (χ2n) is 5.47. The molecular formula is C14H21FN2O2. The van der Waals surface area contributed by atoms with Gasteiger partial charge < -0.3 is 15.8 Å². The normalized spacial score (nSPS) is 14.8. The standard InChI is InChI=1S/C14H21FN2O2/c1-13(2,19-4)9-14(3,12(16)18)17-11-7-5-6-10(15)8-11/h5-8,17H,9H2,1-4H3,(H2,16,18). The van der Waals surface area contributed by atoms with Crippen molar-refractivity contribution in [2.75, 3.05) is 12.4 Å². The van der Waals surface area contributed by atoms with Crippen molar-refractivity contribution in [2.24, 2.45) is 5.73 Å². The molecule has 0 aliphatic carbocycles. The number of hydrogen-bond donors (Lipinski definition) is 2. The van der Waals surface area contributed by atoms with Crippen LogP contribution in [0.3, 0.4) is 0 Å². The molecule has 0 aromatic heterocycles. The minimum Gasteiger partial charge on any atom is -0.379 e. The van der Waals surface area contributed by atoms with E-state index in [1.54, 1.807) is 26.2 Å². The predicted molar refractivity (Wildman–Crippen MR) is 73.3 cm³/mol. The van der Waals surface area contributed by atoms with Crippen LogP contribution >= 0.6 is 0 Å². The highest BCUT2D eigenvalue weighted by atomic mass is 19.1. The Morgan fingerprint density at radius 3 is 2.53 bits per heavy atom. The first-order chi connectivity index (χ1) is 8.68. The van der Waals surface area contributed by atoms with E-state index in [2.05, 4.69) is 5.32 Å². The van der Waals surface area contributed by atoms with Crippen LogP contribution in [0.25, 0.3) is 0 Å². The molecule has 1 aromatic rings. The van der Waals surface area contributed by atoms with Gasteiger partial charge in [0.15, 0.2) is 0 Å². The van der Waals surface area contributed by atoms with Crippen molar-refractivity contribution in [3.05, 3.63) is 30.1 Å². The van der Waals surface area contributed by atoms with Gasteiger partial charge in [0.2, 0.25) is 5.91 Å². The largest absolute Gasteiger partial charge is 0.379 e. The minimum atomic E-state index is -1.02. The summed E-state index contributed by atoms with van der Waals surface area (Å²) in [6, 6.07) is 5.91. The molecule has 0 saturated heterocycles. The average Bonchev–Trinajstić information content (AvgIpc) is 2.28. The van der Waals surface area contributed by atoms with E-state index in [9.17, 15) is 9.18 Å². The summed E-state index contributed by atoms with van der Waals surface area (Å²) >= 11 is 0. The second-order valence-corrected chi connectivity index (χ2v) is 5.47. The van der Waals surface area contributed by atoms with Crippen LogP contribution in [0.15, 0.2) is 24.3 Å². The molecule has 0 aliphatic rings. The summed E-state index contributed by atoms with van der Waals surface area (Å²) in [4.78, 5) is 11.7. The lowest BCUT2D eigenvalue weighted by Gasteiger charge is -2.35. The van der Waals surface area contributed by atoms with Crippen molar-refractivity contribution in [1.82, 2.24) is 0 Å². The molecule has 106 valence electrons. The van der Waals surface area contributed by atoms with Gasteiger partial charge in [0.05, 0.1) is 5.60 Å². The molecule has 4 nitrogen and oxygen atoms in total. The molecule has 0 saturated carbocycles. The first-order valence-electron chi connectivity index (χ1n) is 6.07. The summed E-state index contributed by atoms with van der Waals surface area (Å²) in [5, 5.41) is 2.99. The number of hydrogen-bond acceptors (Lipinski definition) is 3. The van der Waals surface area contributed by atoms with Crippen molar-refractivity contribution >= 4 is 11.6 Å². The van der Waals surface area contributed by atoms with Crippen LogP contribution in [-0.2, 0) is 9.53 Å². The number of benzene rings is 1. The van der Waals surface area contributed by atoms with Gasteiger partial charge in [-0.1, -0.05) is 6.07 Å². The number of carbonyl (C=O) groups excluding carboxylic acids is 1. The fourth-order valence-electron chi connectivity index (χ4n) is 2.00. The Hall–Kier alpha value is -1.62. The van der Waals surface area contributed by atoms with E-state index in [1.807, 2.05) is 13.8 Å². The number of nitrogens with two attached hydrogens (primary N) is 1. The quantitative estimate of drug-likeness (QED) is 0.832. The Labute approximate surface area is 113 Å². The summed E-state index contributed by atoms with van der Waals surface area (Å²) < 4.78 is 18.5. The molecule has 0 fully saturated rings. The van der Waals surface area contributed by atoms with Crippen LogP contribution in [0, 0.1) is 5.82 Å². The fraction of sp³-hybridized carbons (Fsp3) is 0.500. The van der Waals surface area contributed by atoms with Crippen LogP contribution < -0.4 is 11.1 Å². The maximum Gasteiger partial charge on any atom is 0.242 e. The van der Waals surface area contributed by atoms with E-state index >= 15 is 0 Å². The molecule has 1 unspecified atom stereocenters. The van der Waals surface area contributed by atoms with Gasteiger partial charge in [0.1, 0.15) is 11.4 Å². The van der Waals surface area contributed by atoms with Crippen molar-refractivity contribution in [1.29, 1.82) is 0 Å². The van der Waals surface area contributed by atoms with E-state index in [0.717, 1.165) is 0 Å². The molecule has 0 heterocycles. The smallest absolute Gasteiger partial charge is 0.242 e. The maximum absolute atomic E-state index is 13.2. The van der Waals surface area contributed by atoms with Crippen molar-refractivity contribution in [3.63, 3.8) is 0 Å². The fourth-order valence-corrected chi connectivity index (χ4v) is 2.00. The summed E-state index contributed by atoms with van der Waals surface area (Å²) in [7, 11) is 1.57. The molecule has 0 bridgehead atoms. The first-order valence-corrected chi connectivity index (χ1v) is 6.07. The van der Waals surface area contributed by atoms with Gasteiger partial charge in [0.25, 0.3) is 0 Å². The topological polar surface area (TPSA) is 64.3 Å². The number of rotatable bonds is 6. The van der Waals surface area contributed by atoms with Crippen molar-refractivity contribution in [2.45, 2.75) is 38.3 Å². The molecule has 3 N–H and O–H groups in total. The molecule has 1 amide bonds. The van der Waals surface area contributed by atoms with Gasteiger partial charge in [-0.2, -0.15) is 0 Å². The zero-order valence-corrected chi connectivity index (χ0v) is 11.8. The number of ether oxygens (including phenoxy) is 1. The first kappa shape index (κ1) is 15.4. The number of carbonyl (C=O) groups is 1. The van der Waals surface area contributed by atoms with E-state index < -0.39 is 17.0 Å². The highest BCUT2D eigenvalue weighted by Crippen LogP contribution is 2.27. The minimum absolute atomic E-state index is 0.363. The number of methoxy groups -OCH3 is 1. The van der Waals surface area contributed by atoms with E-state index in [4.69, 9.17) is 10.5 Å². The highest BCUT2D eigenvalue weighted by Gasteiger charge is 2.37. The Morgan fingerprint density at radius 1 is 1.42 bits per heavy atom. The van der Waals surface area contributed by atoms with Crippen LogP contribution in [0.2, 0.25) is 0 Å². The van der Waals surface area contributed by atoms with E-state index in [0.29, 0.717) is 12.1 Å². The molecule has 1 rings (SSSR count). The molecule has 0 radical (unpaired) electrons. The number of amides is 1. The third-order valence-electron chi connectivity index (χ3n) is 3.12. The van der Waals surface area contributed by atoms with Gasteiger partial charge in [-0.25, -0.2) is 4.39 Å². The average molecular weight is 268 g/mol. The lowest BCUT2D eigenvalue weighted by Crippen LogP contribution is -2.52. The number of anilines is 1. The number of halogens is 1. The van der Waals surface area contributed by atoms with Crippen LogP contribution in [0.5, 0.6) is 0 Å². The molecular weight excluding hydrogens is 247 g/mol. The zero-order chi connectivity index (χ0) is 14.7. The van der Waals surface area contributed by atoms with Gasteiger partial charge in [0, 0.05) is 19.2 Å². The van der Waals surface area contributed by atoms with Crippen LogP contribution in [0.4, 0.5) is 10.1 Å². The molecule has 0 aliphatic heterocycles. The van der Waals surface area contributed by atoms with Gasteiger partial charge in [-0.3, -0.25) is 4.79 Å². The van der Waals surface area contributed by atoms with Crippen molar-refractivity contribution in [3.8, 4) is 0 Å². The third-order valence-corrected chi connectivity index (χ3v) is 3.12. The number of nitrogens with one attached hydrogen (secondary N) is 1. The van der Waals surface area contributed by atoms with Crippen molar-refractivity contribution < 1.29 is 13.9 Å².